The van der Waals surface area contributed by atoms with E-state index < -0.39 is 0 Å². The van der Waals surface area contributed by atoms with E-state index in [0.717, 1.165) is 38.2 Å². The zero-order valence-corrected chi connectivity index (χ0v) is 10.5. The van der Waals surface area contributed by atoms with Crippen LogP contribution < -0.4 is 5.73 Å². The molecule has 1 heterocycles. The molecule has 0 bridgehead atoms. The molecule has 1 fully saturated rings. The highest BCUT2D eigenvalue weighted by Crippen LogP contribution is 2.20. The van der Waals surface area contributed by atoms with Crippen molar-refractivity contribution in [3.63, 3.8) is 0 Å². The molecule has 3 N–H and O–H groups in total. The monoisotopic (exact) mass is 234 g/mol. The Kier molecular flexibility index (Phi) is 4.02. The van der Waals surface area contributed by atoms with E-state index in [9.17, 15) is 5.11 Å². The summed E-state index contributed by atoms with van der Waals surface area (Å²) >= 11 is 0. The molecular weight excluding hydrogens is 212 g/mol. The maximum absolute atomic E-state index is 9.55. The van der Waals surface area contributed by atoms with Gasteiger partial charge in [0.2, 0.25) is 0 Å². The van der Waals surface area contributed by atoms with Crippen LogP contribution in [0.1, 0.15) is 18.9 Å². The fourth-order valence-electron chi connectivity index (χ4n) is 2.50. The van der Waals surface area contributed by atoms with E-state index in [0.29, 0.717) is 5.92 Å². The lowest BCUT2D eigenvalue weighted by Crippen LogP contribution is -2.26. The maximum atomic E-state index is 9.55. The van der Waals surface area contributed by atoms with Crippen LogP contribution in [0.3, 0.4) is 0 Å². The molecule has 0 saturated carbocycles. The first-order valence-corrected chi connectivity index (χ1v) is 6.40. The highest BCUT2D eigenvalue weighted by Gasteiger charge is 2.25. The second kappa shape index (κ2) is 5.52. The minimum absolute atomic E-state index is 0.179. The van der Waals surface area contributed by atoms with Gasteiger partial charge in [0.05, 0.1) is 6.10 Å². The first kappa shape index (κ1) is 12.4. The lowest BCUT2D eigenvalue weighted by atomic mass is 10.0. The summed E-state index contributed by atoms with van der Waals surface area (Å²) in [5.74, 6) is 0.447. The van der Waals surface area contributed by atoms with Crippen LogP contribution in [0.25, 0.3) is 0 Å². The summed E-state index contributed by atoms with van der Waals surface area (Å²) in [7, 11) is 0. The number of anilines is 1. The van der Waals surface area contributed by atoms with Gasteiger partial charge in [-0.2, -0.15) is 0 Å². The van der Waals surface area contributed by atoms with Crippen LogP contribution in [-0.2, 0) is 6.42 Å². The molecule has 94 valence electrons. The zero-order chi connectivity index (χ0) is 12.3. The Morgan fingerprint density at radius 2 is 2.24 bits per heavy atom. The molecule has 1 saturated heterocycles. The smallest absolute Gasteiger partial charge is 0.0552 e. The largest absolute Gasteiger partial charge is 0.399 e. The van der Waals surface area contributed by atoms with Crippen LogP contribution >= 0.6 is 0 Å². The first-order chi connectivity index (χ1) is 8.16. The van der Waals surface area contributed by atoms with Gasteiger partial charge in [-0.25, -0.2) is 0 Å². The molecule has 2 atom stereocenters. The molecule has 0 aromatic heterocycles. The van der Waals surface area contributed by atoms with Crippen LogP contribution in [0.5, 0.6) is 0 Å². The van der Waals surface area contributed by atoms with Gasteiger partial charge in [-0.15, -0.1) is 0 Å². The van der Waals surface area contributed by atoms with Crippen LogP contribution in [0.2, 0.25) is 0 Å². The molecule has 1 aliphatic heterocycles. The number of benzene rings is 1. The normalized spacial score (nSPS) is 22.8. The summed E-state index contributed by atoms with van der Waals surface area (Å²) in [5.41, 5.74) is 8.04. The Morgan fingerprint density at radius 1 is 1.47 bits per heavy atom. The number of nitrogen functional groups attached to an aromatic ring is 1. The SMILES string of the molecule is CC(O)C1CCN(CCc2ccccc2N)C1. The fraction of sp³-hybridized carbons (Fsp3) is 0.571. The third-order valence-corrected chi connectivity index (χ3v) is 3.74. The van der Waals surface area contributed by atoms with Crippen LogP contribution in [-0.4, -0.2) is 35.7 Å². The van der Waals surface area contributed by atoms with Crippen LogP contribution in [0.15, 0.2) is 24.3 Å². The topological polar surface area (TPSA) is 49.5 Å². The molecule has 0 radical (unpaired) electrons. The summed E-state index contributed by atoms with van der Waals surface area (Å²) in [6, 6.07) is 8.06. The van der Waals surface area contributed by atoms with Crippen molar-refractivity contribution in [1.29, 1.82) is 0 Å². The van der Waals surface area contributed by atoms with Gasteiger partial charge in [-0.3, -0.25) is 0 Å². The first-order valence-electron chi connectivity index (χ1n) is 6.40. The number of nitrogens with zero attached hydrogens (tertiary/aromatic N) is 1. The quantitative estimate of drug-likeness (QED) is 0.776. The Labute approximate surface area is 103 Å². The van der Waals surface area contributed by atoms with E-state index >= 15 is 0 Å². The second-order valence-electron chi connectivity index (χ2n) is 5.04. The highest BCUT2D eigenvalue weighted by molar-refractivity contribution is 5.46. The summed E-state index contributed by atoms with van der Waals surface area (Å²) in [6.07, 6.45) is 1.93. The molecule has 0 aliphatic carbocycles. The van der Waals surface area contributed by atoms with E-state index in [1.54, 1.807) is 0 Å². The Morgan fingerprint density at radius 3 is 2.88 bits per heavy atom. The number of aliphatic hydroxyl groups excluding tert-OH is 1. The second-order valence-corrected chi connectivity index (χ2v) is 5.04. The molecule has 1 aliphatic rings. The van der Waals surface area contributed by atoms with Gasteiger partial charge in [-0.05, 0) is 43.9 Å². The molecule has 0 spiro atoms. The van der Waals surface area contributed by atoms with Gasteiger partial charge in [0.1, 0.15) is 0 Å². The number of para-hydroxylation sites is 1. The Bertz CT molecular complexity index is 365. The summed E-state index contributed by atoms with van der Waals surface area (Å²) in [5, 5.41) is 9.55. The molecule has 0 amide bonds. The highest BCUT2D eigenvalue weighted by atomic mass is 16.3. The molecular formula is C14H22N2O. The van der Waals surface area contributed by atoms with E-state index in [1.807, 2.05) is 25.1 Å². The van der Waals surface area contributed by atoms with Crippen molar-refractivity contribution in [3.05, 3.63) is 29.8 Å². The van der Waals surface area contributed by atoms with Gasteiger partial charge in [0.25, 0.3) is 0 Å². The van der Waals surface area contributed by atoms with Gasteiger partial charge in [0, 0.05) is 18.8 Å². The predicted molar refractivity (Wildman–Crippen MR) is 70.8 cm³/mol. The van der Waals surface area contributed by atoms with Crippen molar-refractivity contribution >= 4 is 5.69 Å². The lowest BCUT2D eigenvalue weighted by molar-refractivity contribution is 0.128. The Hall–Kier alpha value is -1.06. The van der Waals surface area contributed by atoms with Crippen molar-refractivity contribution in [1.82, 2.24) is 4.90 Å². The van der Waals surface area contributed by atoms with E-state index in [4.69, 9.17) is 5.73 Å². The van der Waals surface area contributed by atoms with Crippen LogP contribution in [0, 0.1) is 5.92 Å². The number of hydrogen-bond acceptors (Lipinski definition) is 3. The maximum Gasteiger partial charge on any atom is 0.0552 e. The van der Waals surface area contributed by atoms with Crippen molar-refractivity contribution in [2.45, 2.75) is 25.9 Å². The molecule has 3 heteroatoms. The Balaban J connectivity index is 1.82. The lowest BCUT2D eigenvalue weighted by Gasteiger charge is -2.17. The average molecular weight is 234 g/mol. The fourth-order valence-corrected chi connectivity index (χ4v) is 2.50. The standard InChI is InChI=1S/C14H22N2O/c1-11(17)13-7-9-16(10-13)8-6-12-4-2-3-5-14(12)15/h2-5,11,13,17H,6-10,15H2,1H3. The molecule has 2 rings (SSSR count). The van der Waals surface area contributed by atoms with E-state index in [2.05, 4.69) is 11.0 Å². The van der Waals surface area contributed by atoms with Gasteiger partial charge in [0.15, 0.2) is 0 Å². The number of likely N-dealkylation sites (tertiary alicyclic amines) is 1. The van der Waals surface area contributed by atoms with Crippen molar-refractivity contribution in [2.24, 2.45) is 5.92 Å². The van der Waals surface area contributed by atoms with Gasteiger partial charge in [-0.1, -0.05) is 18.2 Å². The van der Waals surface area contributed by atoms with Gasteiger partial charge >= 0.3 is 0 Å². The minimum Gasteiger partial charge on any atom is -0.399 e. The number of aliphatic hydroxyl groups is 1. The van der Waals surface area contributed by atoms with Crippen molar-refractivity contribution in [2.75, 3.05) is 25.4 Å². The van der Waals surface area contributed by atoms with Crippen molar-refractivity contribution < 1.29 is 5.11 Å². The van der Waals surface area contributed by atoms with E-state index in [1.165, 1.54) is 5.56 Å². The minimum atomic E-state index is -0.179. The zero-order valence-electron chi connectivity index (χ0n) is 10.5. The number of nitrogens with two attached hydrogens (primary N) is 1. The summed E-state index contributed by atoms with van der Waals surface area (Å²) < 4.78 is 0. The molecule has 1 aromatic carbocycles. The van der Waals surface area contributed by atoms with Crippen LogP contribution in [0.4, 0.5) is 5.69 Å². The third kappa shape index (κ3) is 3.20. The van der Waals surface area contributed by atoms with E-state index in [-0.39, 0.29) is 6.10 Å². The third-order valence-electron chi connectivity index (χ3n) is 3.74. The average Bonchev–Trinajstić information content (AvgIpc) is 2.77. The number of rotatable bonds is 4. The molecule has 17 heavy (non-hydrogen) atoms. The molecule has 2 unspecified atom stereocenters. The summed E-state index contributed by atoms with van der Waals surface area (Å²) in [4.78, 5) is 2.42. The molecule has 3 nitrogen and oxygen atoms in total. The predicted octanol–water partition coefficient (Wildman–Crippen LogP) is 1.51. The summed E-state index contributed by atoms with van der Waals surface area (Å²) in [6.45, 7) is 5.05. The number of hydrogen-bond donors (Lipinski definition) is 2. The van der Waals surface area contributed by atoms with Crippen molar-refractivity contribution in [3.8, 4) is 0 Å². The molecule has 1 aromatic rings. The van der Waals surface area contributed by atoms with Gasteiger partial charge < -0.3 is 15.7 Å².